The fraction of sp³-hybridized carbons (Fsp3) is 0.962. The summed E-state index contributed by atoms with van der Waals surface area (Å²) in [6.45, 7) is 5.13. The first-order valence-electron chi connectivity index (χ1n) is 13.8. The predicted molar refractivity (Wildman–Crippen MR) is 136 cm³/mol. The van der Waals surface area contributed by atoms with Crippen LogP contribution >= 0.6 is 0 Å². The summed E-state index contributed by atoms with van der Waals surface area (Å²) in [6.07, 6.45) is 17.8. The Balaban J connectivity index is 1.76. The molecular formula is C26H53N3O5. The second-order valence-electron chi connectivity index (χ2n) is 9.34. The largest absolute Gasteiger partial charge is 0.379 e. The summed E-state index contributed by atoms with van der Waals surface area (Å²) in [4.78, 5) is 12.1. The third-order valence-corrected chi connectivity index (χ3v) is 6.39. The zero-order valence-corrected chi connectivity index (χ0v) is 21.7. The van der Waals surface area contributed by atoms with Crippen LogP contribution in [-0.2, 0) is 23.7 Å². The maximum atomic E-state index is 12.1. The van der Waals surface area contributed by atoms with Gasteiger partial charge in [0.15, 0.2) is 0 Å². The average Bonchev–Trinajstić information content (AvgIpc) is 3.36. The number of nitrogens with two attached hydrogens (primary N) is 2. The average molecular weight is 488 g/mol. The number of amides is 1. The van der Waals surface area contributed by atoms with Crippen LogP contribution in [0.1, 0.15) is 89.9 Å². The van der Waals surface area contributed by atoms with Crippen molar-refractivity contribution in [1.82, 2.24) is 5.01 Å². The lowest BCUT2D eigenvalue weighted by atomic mass is 9.99. The molecule has 0 aliphatic heterocycles. The van der Waals surface area contributed by atoms with Crippen molar-refractivity contribution in [1.29, 1.82) is 0 Å². The molecule has 8 heteroatoms. The molecule has 0 atom stereocenters. The molecule has 0 bridgehead atoms. The molecule has 202 valence electrons. The minimum Gasteiger partial charge on any atom is -0.379 e. The smallest absolute Gasteiger partial charge is 0.238 e. The molecule has 4 N–H and O–H groups in total. The molecule has 1 aliphatic carbocycles. The zero-order chi connectivity index (χ0) is 24.5. The van der Waals surface area contributed by atoms with Gasteiger partial charge in [-0.3, -0.25) is 9.80 Å². The highest BCUT2D eigenvalue weighted by atomic mass is 16.6. The number of hydrazine groups is 1. The Morgan fingerprint density at radius 3 is 1.71 bits per heavy atom. The Bertz CT molecular complexity index is 450. The number of carbonyl (C=O) groups excluding carboxylic acids is 1. The molecule has 0 aromatic rings. The van der Waals surface area contributed by atoms with Gasteiger partial charge in [-0.05, 0) is 12.3 Å². The molecule has 0 radical (unpaired) electrons. The van der Waals surface area contributed by atoms with E-state index in [9.17, 15) is 4.79 Å². The number of ether oxygens (including phenoxy) is 4. The van der Waals surface area contributed by atoms with Crippen molar-refractivity contribution < 1.29 is 23.7 Å². The number of carbonyl (C=O) groups is 1. The number of hydrogen-bond donors (Lipinski definition) is 2. The molecule has 1 fully saturated rings. The van der Waals surface area contributed by atoms with Crippen LogP contribution in [0.2, 0.25) is 0 Å². The van der Waals surface area contributed by atoms with E-state index in [1.165, 1.54) is 75.6 Å². The maximum absolute atomic E-state index is 12.1. The molecule has 0 saturated heterocycles. The molecule has 0 aromatic heterocycles. The first-order chi connectivity index (χ1) is 16.7. The van der Waals surface area contributed by atoms with Crippen LogP contribution in [0.3, 0.4) is 0 Å². The first kappa shape index (κ1) is 31.3. The first-order valence-corrected chi connectivity index (χ1v) is 13.8. The van der Waals surface area contributed by atoms with Crippen molar-refractivity contribution in [3.8, 4) is 0 Å². The lowest BCUT2D eigenvalue weighted by Crippen LogP contribution is -2.38. The van der Waals surface area contributed by atoms with Crippen molar-refractivity contribution in [2.24, 2.45) is 17.5 Å². The van der Waals surface area contributed by atoms with Gasteiger partial charge in [-0.25, -0.2) is 5.84 Å². The minimum atomic E-state index is -0.0616. The second kappa shape index (κ2) is 23.9. The Labute approximate surface area is 208 Å². The summed E-state index contributed by atoms with van der Waals surface area (Å²) >= 11 is 0. The fourth-order valence-electron chi connectivity index (χ4n) is 4.35. The molecule has 1 amide bonds. The zero-order valence-electron chi connectivity index (χ0n) is 21.7. The Morgan fingerprint density at radius 2 is 1.15 bits per heavy atom. The highest BCUT2D eigenvalue weighted by Gasteiger charge is 2.13. The van der Waals surface area contributed by atoms with E-state index in [0.717, 1.165) is 18.8 Å². The van der Waals surface area contributed by atoms with Gasteiger partial charge in [0, 0.05) is 13.1 Å². The predicted octanol–water partition coefficient (Wildman–Crippen LogP) is 3.81. The highest BCUT2D eigenvalue weighted by molar-refractivity contribution is 5.75. The van der Waals surface area contributed by atoms with E-state index < -0.39 is 0 Å². The van der Waals surface area contributed by atoms with E-state index in [0.29, 0.717) is 72.4 Å². The van der Waals surface area contributed by atoms with Crippen molar-refractivity contribution in [2.45, 2.75) is 89.9 Å². The molecule has 0 spiro atoms. The van der Waals surface area contributed by atoms with Crippen molar-refractivity contribution in [2.75, 3.05) is 65.9 Å². The van der Waals surface area contributed by atoms with E-state index in [-0.39, 0.29) is 5.91 Å². The number of hydrogen-bond acceptors (Lipinski definition) is 7. The van der Waals surface area contributed by atoms with E-state index in [1.54, 1.807) is 0 Å². The maximum Gasteiger partial charge on any atom is 0.238 e. The van der Waals surface area contributed by atoms with Gasteiger partial charge in [0.25, 0.3) is 0 Å². The highest BCUT2D eigenvalue weighted by Crippen LogP contribution is 2.29. The van der Waals surface area contributed by atoms with E-state index in [1.807, 2.05) is 0 Å². The second-order valence-corrected chi connectivity index (χ2v) is 9.34. The number of unbranched alkanes of at least 4 members (excludes halogenated alkanes) is 7. The molecule has 0 unspecified atom stereocenters. The topological polar surface area (TPSA) is 109 Å². The molecule has 8 nitrogen and oxygen atoms in total. The van der Waals surface area contributed by atoms with Gasteiger partial charge in [0.05, 0.1) is 59.3 Å². The van der Waals surface area contributed by atoms with E-state index in [4.69, 9.17) is 30.5 Å². The quantitative estimate of drug-likeness (QED) is 0.0872. The van der Waals surface area contributed by atoms with Crippen LogP contribution in [0.4, 0.5) is 0 Å². The SMILES string of the molecule is NCCOCCOCCOCCOCCC(=O)N(N)CCCCCCCCCCC1CCCC1. The van der Waals surface area contributed by atoms with Gasteiger partial charge in [-0.15, -0.1) is 0 Å². The van der Waals surface area contributed by atoms with Gasteiger partial charge in [-0.2, -0.15) is 0 Å². The van der Waals surface area contributed by atoms with E-state index in [2.05, 4.69) is 0 Å². The Morgan fingerprint density at radius 1 is 0.676 bits per heavy atom. The van der Waals surface area contributed by atoms with Crippen molar-refractivity contribution in [3.05, 3.63) is 0 Å². The third kappa shape index (κ3) is 19.5. The molecule has 0 heterocycles. The lowest BCUT2D eigenvalue weighted by molar-refractivity contribution is -0.132. The molecule has 1 rings (SSSR count). The molecule has 34 heavy (non-hydrogen) atoms. The van der Waals surface area contributed by atoms with Gasteiger partial charge in [-0.1, -0.05) is 77.0 Å². The molecular weight excluding hydrogens is 434 g/mol. The van der Waals surface area contributed by atoms with Crippen LogP contribution in [0, 0.1) is 5.92 Å². The Hall–Kier alpha value is -0.770. The standard InChI is InChI=1S/C26H53N3O5/c27-15-18-32-20-22-34-24-23-33-21-19-31-17-14-26(30)29(28)16-10-6-4-2-1-3-5-7-11-25-12-8-9-13-25/h25H,1-24,27-28H2. The molecule has 1 aliphatic rings. The van der Waals surface area contributed by atoms with Crippen LogP contribution in [0.25, 0.3) is 0 Å². The summed E-state index contributed by atoms with van der Waals surface area (Å²) in [5, 5.41) is 1.34. The van der Waals surface area contributed by atoms with Gasteiger partial charge < -0.3 is 24.7 Å². The normalized spacial score (nSPS) is 14.2. The number of rotatable bonds is 25. The summed E-state index contributed by atoms with van der Waals surface area (Å²) < 4.78 is 21.4. The van der Waals surface area contributed by atoms with E-state index >= 15 is 0 Å². The summed E-state index contributed by atoms with van der Waals surface area (Å²) in [6, 6.07) is 0. The summed E-state index contributed by atoms with van der Waals surface area (Å²) in [7, 11) is 0. The summed E-state index contributed by atoms with van der Waals surface area (Å²) in [5.74, 6) is 6.86. The van der Waals surface area contributed by atoms with Crippen LogP contribution in [-0.4, -0.2) is 76.9 Å². The van der Waals surface area contributed by atoms with Gasteiger partial charge in [0.2, 0.25) is 5.91 Å². The Kier molecular flexibility index (Phi) is 22.0. The monoisotopic (exact) mass is 487 g/mol. The van der Waals surface area contributed by atoms with Crippen molar-refractivity contribution >= 4 is 5.91 Å². The fourth-order valence-corrected chi connectivity index (χ4v) is 4.35. The summed E-state index contributed by atoms with van der Waals surface area (Å²) in [5.41, 5.74) is 5.33. The molecule has 1 saturated carbocycles. The third-order valence-electron chi connectivity index (χ3n) is 6.39. The van der Waals surface area contributed by atoms with Crippen LogP contribution < -0.4 is 11.6 Å². The van der Waals surface area contributed by atoms with Gasteiger partial charge >= 0.3 is 0 Å². The minimum absolute atomic E-state index is 0.0616. The van der Waals surface area contributed by atoms with Crippen molar-refractivity contribution in [3.63, 3.8) is 0 Å². The number of nitrogens with zero attached hydrogens (tertiary/aromatic N) is 1. The van der Waals surface area contributed by atoms with Gasteiger partial charge in [0.1, 0.15) is 0 Å². The van der Waals surface area contributed by atoms with Crippen LogP contribution in [0.5, 0.6) is 0 Å². The lowest BCUT2D eigenvalue weighted by Gasteiger charge is -2.16. The molecule has 0 aromatic carbocycles. The van der Waals surface area contributed by atoms with Crippen LogP contribution in [0.15, 0.2) is 0 Å².